The van der Waals surface area contributed by atoms with Crippen LogP contribution in [0.1, 0.15) is 50.9 Å². The molecule has 0 aromatic heterocycles. The third kappa shape index (κ3) is 2.88. The summed E-state index contributed by atoms with van der Waals surface area (Å²) >= 11 is 0. The maximum Gasteiger partial charge on any atom is 0.238 e. The number of nitrogens with one attached hydrogen (secondary N) is 1. The molecule has 1 N–H and O–H groups in total. The van der Waals surface area contributed by atoms with Crippen LogP contribution in [0.4, 0.5) is 0 Å². The number of rotatable bonds is 5. The summed E-state index contributed by atoms with van der Waals surface area (Å²) in [5.74, 6) is 0.779. The normalized spacial score (nSPS) is 20.8. The summed E-state index contributed by atoms with van der Waals surface area (Å²) in [5.41, 5.74) is 2.43. The van der Waals surface area contributed by atoms with Crippen LogP contribution in [0.5, 0.6) is 0 Å². The van der Waals surface area contributed by atoms with Crippen LogP contribution >= 0.6 is 0 Å². The molecule has 1 amide bonds. The number of amides is 1. The van der Waals surface area contributed by atoms with Crippen molar-refractivity contribution in [3.05, 3.63) is 35.4 Å². The lowest BCUT2D eigenvalue weighted by molar-refractivity contribution is -0.131. The van der Waals surface area contributed by atoms with Crippen molar-refractivity contribution in [1.29, 1.82) is 0 Å². The molecule has 0 spiro atoms. The Morgan fingerprint density at radius 3 is 2.40 bits per heavy atom. The Kier molecular flexibility index (Phi) is 4.81. The third-order valence-corrected chi connectivity index (χ3v) is 4.58. The van der Waals surface area contributed by atoms with Gasteiger partial charge in [-0.05, 0) is 25.3 Å². The van der Waals surface area contributed by atoms with Crippen molar-refractivity contribution in [3.63, 3.8) is 0 Å². The van der Waals surface area contributed by atoms with E-state index in [0.29, 0.717) is 12.5 Å². The second-order valence-corrected chi connectivity index (χ2v) is 5.81. The van der Waals surface area contributed by atoms with Gasteiger partial charge in [0.05, 0.1) is 6.54 Å². The minimum atomic E-state index is 0.0266. The topological polar surface area (TPSA) is 32.3 Å². The van der Waals surface area contributed by atoms with Crippen molar-refractivity contribution < 1.29 is 4.79 Å². The Bertz CT molecular complexity index is 451. The van der Waals surface area contributed by atoms with Gasteiger partial charge in [0.15, 0.2) is 0 Å². The summed E-state index contributed by atoms with van der Waals surface area (Å²) < 4.78 is 0. The molecule has 3 nitrogen and oxygen atoms in total. The van der Waals surface area contributed by atoms with E-state index in [4.69, 9.17) is 0 Å². The van der Waals surface area contributed by atoms with Crippen molar-refractivity contribution in [2.45, 2.75) is 52.7 Å². The fourth-order valence-electron chi connectivity index (χ4n) is 3.21. The number of nitrogens with zero attached hydrogens (tertiary/aromatic N) is 1. The summed E-state index contributed by atoms with van der Waals surface area (Å²) in [4.78, 5) is 14.3. The second kappa shape index (κ2) is 6.40. The highest BCUT2D eigenvalue weighted by Gasteiger charge is 2.36. The fraction of sp³-hybridized carbons (Fsp3) is 0.588. The lowest BCUT2D eigenvalue weighted by Gasteiger charge is -2.35. The van der Waals surface area contributed by atoms with Crippen molar-refractivity contribution >= 4 is 5.91 Å². The standard InChI is InChI=1S/C17H26N2O/c1-5-14(6-2)13(4)19-16(20)11-18-17(19)15-9-7-12(3)8-10-15/h7-10,13-14,17-18H,5-6,11H2,1-4H3. The number of carbonyl (C=O) groups excluding carboxylic acids is 1. The van der Waals surface area contributed by atoms with E-state index in [1.807, 2.05) is 4.90 Å². The summed E-state index contributed by atoms with van der Waals surface area (Å²) in [6.07, 6.45) is 2.25. The zero-order chi connectivity index (χ0) is 14.7. The number of aryl methyl sites for hydroxylation is 1. The van der Waals surface area contributed by atoms with Gasteiger partial charge < -0.3 is 4.90 Å². The van der Waals surface area contributed by atoms with E-state index in [0.717, 1.165) is 12.8 Å². The van der Waals surface area contributed by atoms with Crippen molar-refractivity contribution in [2.24, 2.45) is 5.92 Å². The van der Waals surface area contributed by atoms with Gasteiger partial charge in [0.1, 0.15) is 6.17 Å². The molecule has 0 bridgehead atoms. The maximum absolute atomic E-state index is 12.3. The van der Waals surface area contributed by atoms with Crippen LogP contribution < -0.4 is 5.32 Å². The predicted molar refractivity (Wildman–Crippen MR) is 82.3 cm³/mol. The zero-order valence-corrected chi connectivity index (χ0v) is 13.0. The molecule has 1 aliphatic rings. The van der Waals surface area contributed by atoms with Crippen molar-refractivity contribution in [2.75, 3.05) is 6.54 Å². The molecule has 0 saturated carbocycles. The first kappa shape index (κ1) is 15.0. The lowest BCUT2D eigenvalue weighted by atomic mass is 9.93. The Hall–Kier alpha value is -1.35. The van der Waals surface area contributed by atoms with Crippen LogP contribution in [0.2, 0.25) is 0 Å². The summed E-state index contributed by atoms with van der Waals surface area (Å²) in [6, 6.07) is 8.74. The lowest BCUT2D eigenvalue weighted by Crippen LogP contribution is -2.42. The SMILES string of the molecule is CCC(CC)C(C)N1C(=O)CNC1c1ccc(C)cc1. The number of benzene rings is 1. The van der Waals surface area contributed by atoms with Gasteiger partial charge in [-0.25, -0.2) is 0 Å². The van der Waals surface area contributed by atoms with E-state index < -0.39 is 0 Å². The quantitative estimate of drug-likeness (QED) is 0.894. The largest absolute Gasteiger partial charge is 0.319 e. The van der Waals surface area contributed by atoms with Crippen LogP contribution in [-0.2, 0) is 4.79 Å². The number of hydrogen-bond donors (Lipinski definition) is 1. The fourth-order valence-corrected chi connectivity index (χ4v) is 3.21. The van der Waals surface area contributed by atoms with E-state index in [-0.39, 0.29) is 18.1 Å². The van der Waals surface area contributed by atoms with Gasteiger partial charge in [-0.1, -0.05) is 56.5 Å². The molecule has 1 saturated heterocycles. The predicted octanol–water partition coefficient (Wildman–Crippen LogP) is 3.25. The van der Waals surface area contributed by atoms with E-state index >= 15 is 0 Å². The van der Waals surface area contributed by atoms with E-state index in [1.54, 1.807) is 0 Å². The Morgan fingerprint density at radius 2 is 1.85 bits per heavy atom. The molecule has 2 unspecified atom stereocenters. The van der Waals surface area contributed by atoms with Crippen LogP contribution in [0, 0.1) is 12.8 Å². The second-order valence-electron chi connectivity index (χ2n) is 5.81. The molecule has 2 rings (SSSR count). The molecule has 1 aromatic carbocycles. The molecule has 2 atom stereocenters. The average molecular weight is 274 g/mol. The van der Waals surface area contributed by atoms with E-state index in [9.17, 15) is 4.79 Å². The Labute approximate surface area is 122 Å². The number of carbonyl (C=O) groups is 1. The molecule has 1 aromatic rings. The van der Waals surface area contributed by atoms with Crippen molar-refractivity contribution in [3.8, 4) is 0 Å². The third-order valence-electron chi connectivity index (χ3n) is 4.58. The summed E-state index contributed by atoms with van der Waals surface area (Å²) in [6.45, 7) is 9.13. The molecule has 0 aliphatic carbocycles. The molecule has 0 radical (unpaired) electrons. The molecule has 1 heterocycles. The van der Waals surface area contributed by atoms with Crippen LogP contribution in [0.25, 0.3) is 0 Å². The first-order valence-electron chi connectivity index (χ1n) is 7.69. The Balaban J connectivity index is 2.24. The first-order chi connectivity index (χ1) is 9.58. The average Bonchev–Trinajstić information content (AvgIpc) is 2.82. The highest BCUT2D eigenvalue weighted by molar-refractivity contribution is 5.81. The highest BCUT2D eigenvalue weighted by Crippen LogP contribution is 2.29. The van der Waals surface area contributed by atoms with Gasteiger partial charge in [-0.2, -0.15) is 0 Å². The molecular weight excluding hydrogens is 248 g/mol. The van der Waals surface area contributed by atoms with Gasteiger partial charge in [0.25, 0.3) is 0 Å². The van der Waals surface area contributed by atoms with Gasteiger partial charge >= 0.3 is 0 Å². The van der Waals surface area contributed by atoms with Gasteiger partial charge in [0.2, 0.25) is 5.91 Å². The maximum atomic E-state index is 12.3. The van der Waals surface area contributed by atoms with Crippen LogP contribution in [-0.4, -0.2) is 23.4 Å². The molecule has 1 fully saturated rings. The van der Waals surface area contributed by atoms with Gasteiger partial charge in [-0.15, -0.1) is 0 Å². The summed E-state index contributed by atoms with van der Waals surface area (Å²) in [5, 5.41) is 3.35. The van der Waals surface area contributed by atoms with Crippen LogP contribution in [0.3, 0.4) is 0 Å². The van der Waals surface area contributed by atoms with Crippen molar-refractivity contribution in [1.82, 2.24) is 10.2 Å². The Morgan fingerprint density at radius 1 is 1.25 bits per heavy atom. The van der Waals surface area contributed by atoms with E-state index in [1.165, 1.54) is 11.1 Å². The smallest absolute Gasteiger partial charge is 0.238 e. The minimum absolute atomic E-state index is 0.0266. The minimum Gasteiger partial charge on any atom is -0.319 e. The van der Waals surface area contributed by atoms with Gasteiger partial charge in [0, 0.05) is 6.04 Å². The number of hydrogen-bond acceptors (Lipinski definition) is 2. The van der Waals surface area contributed by atoms with Crippen LogP contribution in [0.15, 0.2) is 24.3 Å². The molecule has 1 aliphatic heterocycles. The van der Waals surface area contributed by atoms with E-state index in [2.05, 4.69) is 57.3 Å². The zero-order valence-electron chi connectivity index (χ0n) is 13.0. The molecule has 110 valence electrons. The molecular formula is C17H26N2O. The molecule has 20 heavy (non-hydrogen) atoms. The highest BCUT2D eigenvalue weighted by atomic mass is 16.2. The molecule has 3 heteroatoms. The first-order valence-corrected chi connectivity index (χ1v) is 7.69. The monoisotopic (exact) mass is 274 g/mol. The summed E-state index contributed by atoms with van der Waals surface area (Å²) in [7, 11) is 0. The van der Waals surface area contributed by atoms with Gasteiger partial charge in [-0.3, -0.25) is 10.1 Å².